The number of hydrogen-bond donors (Lipinski definition) is 1. The van der Waals surface area contributed by atoms with Gasteiger partial charge in [-0.25, -0.2) is 0 Å². The predicted octanol–water partition coefficient (Wildman–Crippen LogP) is 3.62. The van der Waals surface area contributed by atoms with Crippen LogP contribution in [0.3, 0.4) is 0 Å². The number of Topliss-reactive ketones (excluding diaryl/α,β-unsaturated/α-hetero) is 1. The van der Waals surface area contributed by atoms with Gasteiger partial charge in [-0.3, -0.25) is 14.9 Å². The van der Waals surface area contributed by atoms with Gasteiger partial charge < -0.3 is 14.0 Å². The number of rotatable bonds is 9. The van der Waals surface area contributed by atoms with Gasteiger partial charge in [-0.1, -0.05) is 29.0 Å². The summed E-state index contributed by atoms with van der Waals surface area (Å²) in [6.07, 6.45) is 0. The Morgan fingerprint density at radius 3 is 2.61 bits per heavy atom. The molecule has 1 N–H and O–H groups in total. The number of hydrogen-bond acceptors (Lipinski definition) is 7. The first-order valence-electron chi connectivity index (χ1n) is 9.84. The van der Waals surface area contributed by atoms with Gasteiger partial charge in [-0.05, 0) is 45.4 Å². The van der Waals surface area contributed by atoms with Crippen LogP contribution in [0.25, 0.3) is 0 Å². The maximum atomic E-state index is 12.7. The zero-order chi connectivity index (χ0) is 22.5. The standard InChI is InChI=1S/C22H26N4O4S/c1-13-6-7-18(14(2)10-13)30-12-19-24-25-22(31-19)23-21(28)20(27)17-11-15(3)26(16(17)4)8-9-29-5/h6-7,10-11H,8-9,12H2,1-5H3,(H,23,25,28). The largest absolute Gasteiger partial charge is 0.486 e. The summed E-state index contributed by atoms with van der Waals surface area (Å²) in [5, 5.41) is 11.4. The number of amides is 1. The third kappa shape index (κ3) is 5.36. The van der Waals surface area contributed by atoms with Crippen LogP contribution in [0, 0.1) is 27.7 Å². The van der Waals surface area contributed by atoms with Crippen molar-refractivity contribution in [1.29, 1.82) is 0 Å². The zero-order valence-corrected chi connectivity index (χ0v) is 19.1. The van der Waals surface area contributed by atoms with E-state index in [-0.39, 0.29) is 11.7 Å². The van der Waals surface area contributed by atoms with E-state index in [9.17, 15) is 9.59 Å². The number of aryl methyl sites for hydroxylation is 3. The molecule has 0 atom stereocenters. The number of anilines is 1. The summed E-state index contributed by atoms with van der Waals surface area (Å²) >= 11 is 1.17. The molecule has 0 spiro atoms. The Morgan fingerprint density at radius 1 is 1.13 bits per heavy atom. The van der Waals surface area contributed by atoms with Crippen LogP contribution in [0.2, 0.25) is 0 Å². The van der Waals surface area contributed by atoms with Gasteiger partial charge in [-0.15, -0.1) is 10.2 Å². The fourth-order valence-electron chi connectivity index (χ4n) is 3.30. The van der Waals surface area contributed by atoms with Crippen LogP contribution in [0.4, 0.5) is 5.13 Å². The molecular weight excluding hydrogens is 416 g/mol. The second-order valence-corrected chi connectivity index (χ2v) is 8.33. The fraction of sp³-hybridized carbons (Fsp3) is 0.364. The Labute approximate surface area is 185 Å². The van der Waals surface area contributed by atoms with Crippen molar-refractivity contribution >= 4 is 28.2 Å². The fourth-order valence-corrected chi connectivity index (χ4v) is 3.95. The monoisotopic (exact) mass is 442 g/mol. The molecule has 0 fully saturated rings. The first kappa shape index (κ1) is 22.6. The highest BCUT2D eigenvalue weighted by Gasteiger charge is 2.23. The van der Waals surface area contributed by atoms with Crippen LogP contribution in [0.15, 0.2) is 24.3 Å². The van der Waals surface area contributed by atoms with Crippen LogP contribution in [-0.2, 0) is 22.7 Å². The lowest BCUT2D eigenvalue weighted by Crippen LogP contribution is -2.23. The molecule has 8 nitrogen and oxygen atoms in total. The van der Waals surface area contributed by atoms with Gasteiger partial charge >= 0.3 is 0 Å². The minimum absolute atomic E-state index is 0.228. The summed E-state index contributed by atoms with van der Waals surface area (Å²) in [5.41, 5.74) is 4.19. The molecule has 0 aliphatic carbocycles. The summed E-state index contributed by atoms with van der Waals surface area (Å²) < 4.78 is 12.9. The van der Waals surface area contributed by atoms with Crippen molar-refractivity contribution in [3.63, 3.8) is 0 Å². The number of nitrogens with zero attached hydrogens (tertiary/aromatic N) is 3. The number of aromatic nitrogens is 3. The average molecular weight is 443 g/mol. The highest BCUT2D eigenvalue weighted by Crippen LogP contribution is 2.22. The molecule has 1 amide bonds. The van der Waals surface area contributed by atoms with Gasteiger partial charge in [0.05, 0.1) is 6.61 Å². The highest BCUT2D eigenvalue weighted by atomic mass is 32.1. The molecule has 0 saturated carbocycles. The zero-order valence-electron chi connectivity index (χ0n) is 18.3. The topological polar surface area (TPSA) is 95.3 Å². The lowest BCUT2D eigenvalue weighted by atomic mass is 10.1. The van der Waals surface area contributed by atoms with Crippen molar-refractivity contribution < 1.29 is 19.1 Å². The first-order chi connectivity index (χ1) is 14.8. The molecule has 31 heavy (non-hydrogen) atoms. The molecule has 3 aromatic rings. The minimum atomic E-state index is -0.745. The molecule has 0 bridgehead atoms. The van der Waals surface area contributed by atoms with Crippen molar-refractivity contribution in [2.75, 3.05) is 19.0 Å². The summed E-state index contributed by atoms with van der Waals surface area (Å²) in [6.45, 7) is 9.07. The molecule has 2 heterocycles. The number of carbonyl (C=O) groups excluding carboxylic acids is 2. The van der Waals surface area contributed by atoms with Crippen molar-refractivity contribution in [2.24, 2.45) is 0 Å². The van der Waals surface area contributed by atoms with Gasteiger partial charge in [0.2, 0.25) is 5.13 Å². The Hall–Kier alpha value is -3.04. The van der Waals surface area contributed by atoms with Crippen molar-refractivity contribution in [1.82, 2.24) is 14.8 Å². The van der Waals surface area contributed by atoms with E-state index in [1.54, 1.807) is 13.2 Å². The SMILES string of the molecule is COCCn1c(C)cc(C(=O)C(=O)Nc2nnc(COc3ccc(C)cc3C)s2)c1C. The molecule has 1 aromatic carbocycles. The summed E-state index contributed by atoms with van der Waals surface area (Å²) in [6, 6.07) is 7.65. The number of benzene rings is 1. The maximum Gasteiger partial charge on any atom is 0.298 e. The van der Waals surface area contributed by atoms with E-state index in [0.29, 0.717) is 23.7 Å². The molecule has 164 valence electrons. The molecule has 9 heteroatoms. The Balaban J connectivity index is 1.62. The van der Waals surface area contributed by atoms with E-state index in [0.717, 1.165) is 28.3 Å². The minimum Gasteiger partial charge on any atom is -0.486 e. The van der Waals surface area contributed by atoms with E-state index >= 15 is 0 Å². The Bertz CT molecular complexity index is 1100. The first-order valence-corrected chi connectivity index (χ1v) is 10.7. The van der Waals surface area contributed by atoms with Crippen LogP contribution in [0.5, 0.6) is 5.75 Å². The van der Waals surface area contributed by atoms with Crippen molar-refractivity contribution in [3.8, 4) is 5.75 Å². The van der Waals surface area contributed by atoms with Crippen molar-refractivity contribution in [2.45, 2.75) is 40.8 Å². The third-order valence-electron chi connectivity index (χ3n) is 4.91. The van der Waals surface area contributed by atoms with Gasteiger partial charge in [0, 0.05) is 30.6 Å². The van der Waals surface area contributed by atoms with Crippen LogP contribution < -0.4 is 10.1 Å². The molecular formula is C22H26N4O4S. The molecule has 0 saturated heterocycles. The van der Waals surface area contributed by atoms with E-state index < -0.39 is 11.7 Å². The lowest BCUT2D eigenvalue weighted by Gasteiger charge is -2.08. The quantitative estimate of drug-likeness (QED) is 0.402. The predicted molar refractivity (Wildman–Crippen MR) is 119 cm³/mol. The van der Waals surface area contributed by atoms with E-state index in [1.165, 1.54) is 11.3 Å². The van der Waals surface area contributed by atoms with Gasteiger partial charge in [0.1, 0.15) is 12.4 Å². The Morgan fingerprint density at radius 2 is 1.90 bits per heavy atom. The molecule has 2 aromatic heterocycles. The highest BCUT2D eigenvalue weighted by molar-refractivity contribution is 7.15. The summed E-state index contributed by atoms with van der Waals surface area (Å²) in [5.74, 6) is -0.588. The van der Waals surface area contributed by atoms with E-state index in [2.05, 4.69) is 15.5 Å². The average Bonchev–Trinajstić information content (AvgIpc) is 3.29. The Kier molecular flexibility index (Phi) is 7.19. The number of ether oxygens (including phenoxy) is 2. The summed E-state index contributed by atoms with van der Waals surface area (Å²) in [7, 11) is 1.62. The van der Waals surface area contributed by atoms with Gasteiger partial charge in [0.15, 0.2) is 5.01 Å². The molecule has 3 rings (SSSR count). The van der Waals surface area contributed by atoms with Crippen LogP contribution in [-0.4, -0.2) is 40.2 Å². The van der Waals surface area contributed by atoms with E-state index in [1.807, 2.05) is 50.5 Å². The van der Waals surface area contributed by atoms with Crippen LogP contribution >= 0.6 is 11.3 Å². The number of carbonyl (C=O) groups is 2. The molecule has 0 radical (unpaired) electrons. The second-order valence-electron chi connectivity index (χ2n) is 7.27. The second kappa shape index (κ2) is 9.84. The van der Waals surface area contributed by atoms with E-state index in [4.69, 9.17) is 9.47 Å². The summed E-state index contributed by atoms with van der Waals surface area (Å²) in [4.78, 5) is 25.1. The number of ketones is 1. The smallest absolute Gasteiger partial charge is 0.298 e. The molecule has 0 aliphatic heterocycles. The van der Waals surface area contributed by atoms with Crippen LogP contribution in [0.1, 0.15) is 37.9 Å². The third-order valence-corrected chi connectivity index (χ3v) is 5.72. The van der Waals surface area contributed by atoms with Gasteiger partial charge in [0.25, 0.3) is 11.7 Å². The molecule has 0 aliphatic rings. The normalized spacial score (nSPS) is 10.9. The molecule has 0 unspecified atom stereocenters. The van der Waals surface area contributed by atoms with Gasteiger partial charge in [-0.2, -0.15) is 0 Å². The van der Waals surface area contributed by atoms with Crippen molar-refractivity contribution in [3.05, 3.63) is 57.4 Å². The number of nitrogens with one attached hydrogen (secondary N) is 1. The lowest BCUT2D eigenvalue weighted by molar-refractivity contribution is -0.112. The number of methoxy groups -OCH3 is 1. The maximum absolute atomic E-state index is 12.7.